The molecule has 0 unspecified atom stereocenters. The number of carbonyl (C=O) groups is 7. The molecule has 5 amide bonds. The minimum atomic E-state index is -3.59. The molecule has 0 spiro atoms. The summed E-state index contributed by atoms with van der Waals surface area (Å²) < 4.78 is 66.1. The topological polar surface area (TPSA) is 265 Å². The number of sulfone groups is 1. The summed E-state index contributed by atoms with van der Waals surface area (Å²) in [4.78, 5) is 100. The fraction of sp³-hybridized carbons (Fsp3) is 0.415. The van der Waals surface area contributed by atoms with Crippen LogP contribution in [0.5, 0.6) is 11.5 Å². The predicted molar refractivity (Wildman–Crippen MR) is 325 cm³/mol. The standard InChI is InChI=1S/C65H76N6O16S/c1-42-43(2)84-63(61(86-45(4)73)60(42)85-44(3)72)87-57-25-23-48(35-56(57)68-59(75)38-69(5)64(77)82-40-55-53-21-9-7-19-51(53)52-20-8-10-22-54(52)55)39-81-65(78)71(33-34-88(6,79)80)41-83-50-18-13-17-49(36-50)62(76)70-31-27-46(28-32-70)15-11-12-30-67-58(74)26-24-47-16-14-29-66-37-47/h7-10,13-14,16-26,29,35-37,42-43,46,55,60-61,63H,11-12,15,27-28,30-34,38-41H2,1-6H3,(H,67,74)(H,68,75)/b26-24+/t42-,43-,60+,61-,63+/m1/s1. The second kappa shape index (κ2) is 30.7. The zero-order valence-corrected chi connectivity index (χ0v) is 51.1. The number of esters is 2. The van der Waals surface area contributed by atoms with Crippen LogP contribution in [0, 0.1) is 11.8 Å². The van der Waals surface area contributed by atoms with Gasteiger partial charge in [-0.25, -0.2) is 18.0 Å². The molecule has 5 aromatic rings. The van der Waals surface area contributed by atoms with Crippen molar-refractivity contribution in [3.8, 4) is 22.6 Å². The maximum absolute atomic E-state index is 13.9. The summed E-state index contributed by atoms with van der Waals surface area (Å²) in [7, 11) is -2.18. The van der Waals surface area contributed by atoms with Gasteiger partial charge in [-0.15, -0.1) is 0 Å². The highest BCUT2D eigenvalue weighted by Gasteiger charge is 2.48. The second-order valence-electron chi connectivity index (χ2n) is 22.3. The average Bonchev–Trinajstić information content (AvgIpc) is 1.67. The van der Waals surface area contributed by atoms with Crippen LogP contribution in [0.3, 0.4) is 0 Å². The minimum Gasteiger partial charge on any atom is -0.473 e. The normalized spacial score (nSPS) is 18.2. The Hall–Kier alpha value is -8.83. The second-order valence-corrected chi connectivity index (χ2v) is 24.5. The maximum atomic E-state index is 13.9. The average molecular weight is 1230 g/mol. The Bertz CT molecular complexity index is 3380. The number of pyridine rings is 1. The van der Waals surface area contributed by atoms with Crippen LogP contribution in [-0.2, 0) is 59.3 Å². The fourth-order valence-electron chi connectivity index (χ4n) is 10.8. The largest absolute Gasteiger partial charge is 0.473 e. The van der Waals surface area contributed by atoms with Crippen molar-refractivity contribution < 1.29 is 75.1 Å². The Kier molecular flexibility index (Phi) is 22.7. The summed E-state index contributed by atoms with van der Waals surface area (Å²) in [5.41, 5.74) is 5.68. The van der Waals surface area contributed by atoms with Gasteiger partial charge >= 0.3 is 24.1 Å². The number of carbonyl (C=O) groups excluding carboxylic acids is 7. The van der Waals surface area contributed by atoms with Crippen molar-refractivity contribution in [3.63, 3.8) is 0 Å². The molecule has 468 valence electrons. The molecule has 8 rings (SSSR count). The summed E-state index contributed by atoms with van der Waals surface area (Å²) in [5, 5.41) is 5.69. The van der Waals surface area contributed by atoms with Gasteiger partial charge in [-0.1, -0.05) is 86.5 Å². The molecule has 1 aliphatic carbocycles. The Morgan fingerprint density at radius 1 is 0.807 bits per heavy atom. The number of hydrogen-bond donors (Lipinski definition) is 2. The van der Waals surface area contributed by atoms with Gasteiger partial charge < -0.3 is 53.6 Å². The van der Waals surface area contributed by atoms with E-state index in [4.69, 9.17) is 33.2 Å². The van der Waals surface area contributed by atoms with Crippen molar-refractivity contribution >= 4 is 63.4 Å². The van der Waals surface area contributed by atoms with Crippen LogP contribution in [0.15, 0.2) is 122 Å². The van der Waals surface area contributed by atoms with E-state index in [1.54, 1.807) is 67.5 Å². The first-order valence-electron chi connectivity index (χ1n) is 29.3. The molecule has 2 saturated heterocycles. The summed E-state index contributed by atoms with van der Waals surface area (Å²) in [6, 6.07) is 30.4. The quantitative estimate of drug-likeness (QED) is 0.0183. The molecular formula is C65H76N6O16S. The van der Waals surface area contributed by atoms with Crippen molar-refractivity contribution in [1.82, 2.24) is 25.0 Å². The molecule has 3 heterocycles. The molecule has 0 radical (unpaired) electrons. The van der Waals surface area contributed by atoms with Gasteiger partial charge in [-0.05, 0) is 108 Å². The summed E-state index contributed by atoms with van der Waals surface area (Å²) in [6.45, 7) is 5.96. The number of ether oxygens (including phenoxy) is 7. The predicted octanol–water partition coefficient (Wildman–Crippen LogP) is 8.40. The van der Waals surface area contributed by atoms with Crippen molar-refractivity contribution in [1.29, 1.82) is 0 Å². The minimum absolute atomic E-state index is 0.0105. The van der Waals surface area contributed by atoms with E-state index in [9.17, 15) is 42.0 Å². The molecule has 0 bridgehead atoms. The third-order valence-electron chi connectivity index (χ3n) is 15.6. The number of nitrogens with one attached hydrogen (secondary N) is 2. The number of aromatic nitrogens is 1. The highest BCUT2D eigenvalue weighted by Crippen LogP contribution is 2.45. The zero-order valence-electron chi connectivity index (χ0n) is 50.3. The monoisotopic (exact) mass is 1230 g/mol. The Balaban J connectivity index is 0.892. The number of benzene rings is 4. The third kappa shape index (κ3) is 18.4. The molecular weight excluding hydrogens is 1150 g/mol. The van der Waals surface area contributed by atoms with Gasteiger partial charge in [0.05, 0.1) is 17.5 Å². The van der Waals surface area contributed by atoms with Gasteiger partial charge in [0.2, 0.25) is 24.2 Å². The van der Waals surface area contributed by atoms with E-state index in [1.165, 1.54) is 45.2 Å². The van der Waals surface area contributed by atoms with Crippen LogP contribution in [0.1, 0.15) is 98.3 Å². The number of unbranched alkanes of at least 4 members (excludes halogenated alkanes) is 1. The van der Waals surface area contributed by atoms with E-state index in [-0.39, 0.29) is 48.1 Å². The van der Waals surface area contributed by atoms with Crippen LogP contribution >= 0.6 is 0 Å². The zero-order chi connectivity index (χ0) is 62.9. The molecule has 1 aromatic heterocycles. The molecule has 2 N–H and O–H groups in total. The Labute approximate surface area is 512 Å². The number of anilines is 1. The molecule has 0 saturated carbocycles. The van der Waals surface area contributed by atoms with E-state index in [0.717, 1.165) is 76.0 Å². The maximum Gasteiger partial charge on any atom is 0.412 e. The van der Waals surface area contributed by atoms with Crippen LogP contribution < -0.4 is 20.1 Å². The van der Waals surface area contributed by atoms with Crippen LogP contribution in [0.25, 0.3) is 17.2 Å². The summed E-state index contributed by atoms with van der Waals surface area (Å²) >= 11 is 0. The van der Waals surface area contributed by atoms with Gasteiger partial charge in [0.15, 0.2) is 6.73 Å². The van der Waals surface area contributed by atoms with Crippen LogP contribution in [-0.4, -0.2) is 160 Å². The highest BCUT2D eigenvalue weighted by atomic mass is 32.2. The van der Waals surface area contributed by atoms with Gasteiger partial charge in [0.25, 0.3) is 5.91 Å². The van der Waals surface area contributed by atoms with Crippen LogP contribution in [0.2, 0.25) is 0 Å². The van der Waals surface area contributed by atoms with Gasteiger partial charge in [-0.2, -0.15) is 0 Å². The molecule has 5 atom stereocenters. The first-order chi connectivity index (χ1) is 42.2. The molecule has 22 nitrogen and oxygen atoms in total. The first kappa shape index (κ1) is 65.2. The van der Waals surface area contributed by atoms with Gasteiger partial charge in [0, 0.05) is 89.2 Å². The van der Waals surface area contributed by atoms with Crippen molar-refractivity contribution in [2.45, 2.75) is 96.9 Å². The lowest BCUT2D eigenvalue weighted by Crippen LogP contribution is -2.57. The highest BCUT2D eigenvalue weighted by molar-refractivity contribution is 7.90. The van der Waals surface area contributed by atoms with Crippen LogP contribution in [0.4, 0.5) is 15.3 Å². The number of amides is 5. The number of fused-ring (bicyclic) bond motifs is 3. The lowest BCUT2D eigenvalue weighted by atomic mass is 9.91. The lowest BCUT2D eigenvalue weighted by molar-refractivity contribution is -0.263. The van der Waals surface area contributed by atoms with Crippen molar-refractivity contribution in [2.75, 3.05) is 70.4 Å². The Morgan fingerprint density at radius 2 is 1.51 bits per heavy atom. The Morgan fingerprint density at radius 3 is 2.19 bits per heavy atom. The number of piperidine rings is 1. The summed E-state index contributed by atoms with van der Waals surface area (Å²) in [5.74, 6) is -2.78. The first-order valence-corrected chi connectivity index (χ1v) is 31.4. The molecule has 88 heavy (non-hydrogen) atoms. The molecule has 23 heteroatoms. The smallest absolute Gasteiger partial charge is 0.412 e. The van der Waals surface area contributed by atoms with E-state index >= 15 is 0 Å². The van der Waals surface area contributed by atoms with E-state index in [1.807, 2.05) is 54.6 Å². The number of rotatable bonds is 25. The number of likely N-dealkylation sites (tertiary alicyclic amines) is 1. The molecule has 2 aliphatic heterocycles. The van der Waals surface area contributed by atoms with Crippen molar-refractivity contribution in [2.24, 2.45) is 11.8 Å². The number of nitrogens with zero attached hydrogens (tertiary/aromatic N) is 4. The van der Waals surface area contributed by atoms with Crippen molar-refractivity contribution in [3.05, 3.63) is 149 Å². The summed E-state index contributed by atoms with van der Waals surface area (Å²) in [6.07, 6.45) is 6.12. The van der Waals surface area contributed by atoms with E-state index < -0.39 is 96.0 Å². The number of likely N-dealkylation sites (N-methyl/N-ethyl adjacent to an activating group) is 1. The third-order valence-corrected chi connectivity index (χ3v) is 16.5. The molecule has 4 aromatic carbocycles. The van der Waals surface area contributed by atoms with E-state index in [2.05, 4.69) is 15.6 Å². The van der Waals surface area contributed by atoms with Gasteiger partial charge in [0.1, 0.15) is 47.2 Å². The molecule has 2 fully saturated rings. The van der Waals surface area contributed by atoms with Gasteiger partial charge in [-0.3, -0.25) is 33.9 Å². The van der Waals surface area contributed by atoms with E-state index in [0.29, 0.717) is 36.7 Å². The molecule has 3 aliphatic rings. The fourth-order valence-corrected chi connectivity index (χ4v) is 11.3. The SMILES string of the molecule is CC(=O)O[C@H]1[C@H](Oc2ccc(COC(=O)N(CCS(C)(=O)=O)COc3cccc(C(=O)N4CCC(CCCCNC(=O)/C=C/c5cccnc5)CC4)c3)cc2NC(=O)CN(C)C(=O)OCC2c3ccccc3-c3ccccc32)O[C@H](C)[C@@H](C)[C@@H]1OC(C)=O. The number of hydrogen-bond acceptors (Lipinski definition) is 17. The lowest BCUT2D eigenvalue weighted by Gasteiger charge is -2.43.